The molecule has 0 spiro atoms. The minimum atomic E-state index is -0.138. The average Bonchev–Trinajstić information content (AvgIpc) is 3.12. The molecule has 0 bridgehead atoms. The highest BCUT2D eigenvalue weighted by Gasteiger charge is 2.24. The van der Waals surface area contributed by atoms with Gasteiger partial charge in [-0.15, -0.1) is 0 Å². The minimum Gasteiger partial charge on any atom is -0.363 e. The number of nitrogens with zero attached hydrogens (tertiary/aromatic N) is 5. The van der Waals surface area contributed by atoms with Crippen molar-refractivity contribution in [1.29, 1.82) is 0 Å². The van der Waals surface area contributed by atoms with Crippen molar-refractivity contribution in [2.45, 2.75) is 38.8 Å². The number of aryl methyl sites for hydroxylation is 1. The molecule has 1 fully saturated rings. The SMILES string of the molecule is Cc1nc(CN(C)[C@H]2CCCN(C(=O)Nc3ccon3)CC2)no1. The van der Waals surface area contributed by atoms with Crippen molar-refractivity contribution in [3.05, 3.63) is 24.0 Å². The van der Waals surface area contributed by atoms with Crippen LogP contribution in [0.3, 0.4) is 0 Å². The van der Waals surface area contributed by atoms with Crippen LogP contribution < -0.4 is 5.32 Å². The molecular formula is C15H22N6O3. The van der Waals surface area contributed by atoms with Crippen LogP contribution in [-0.4, -0.2) is 57.3 Å². The molecule has 0 unspecified atom stereocenters. The monoisotopic (exact) mass is 334 g/mol. The van der Waals surface area contributed by atoms with E-state index in [2.05, 4.69) is 32.6 Å². The Balaban J connectivity index is 1.51. The van der Waals surface area contributed by atoms with Crippen LogP contribution in [-0.2, 0) is 6.54 Å². The molecule has 2 aromatic heterocycles. The summed E-state index contributed by atoms with van der Waals surface area (Å²) in [5.74, 6) is 1.71. The summed E-state index contributed by atoms with van der Waals surface area (Å²) in [6.07, 6.45) is 4.32. The van der Waals surface area contributed by atoms with E-state index in [1.165, 1.54) is 6.26 Å². The van der Waals surface area contributed by atoms with Gasteiger partial charge in [-0.25, -0.2) is 4.79 Å². The fourth-order valence-electron chi connectivity index (χ4n) is 2.95. The lowest BCUT2D eigenvalue weighted by Crippen LogP contribution is -2.37. The summed E-state index contributed by atoms with van der Waals surface area (Å²) in [4.78, 5) is 20.6. The molecule has 0 saturated carbocycles. The third kappa shape index (κ3) is 4.10. The summed E-state index contributed by atoms with van der Waals surface area (Å²) in [6, 6.07) is 1.87. The number of carbonyl (C=O) groups excluding carboxylic acids is 1. The van der Waals surface area contributed by atoms with E-state index < -0.39 is 0 Å². The third-order valence-corrected chi connectivity index (χ3v) is 4.24. The Kier molecular flexibility index (Phi) is 5.09. The molecule has 1 aliphatic rings. The molecule has 3 rings (SSSR count). The van der Waals surface area contributed by atoms with E-state index >= 15 is 0 Å². The summed E-state index contributed by atoms with van der Waals surface area (Å²) < 4.78 is 9.74. The van der Waals surface area contributed by atoms with Crippen LogP contribution in [0.1, 0.15) is 31.0 Å². The zero-order valence-corrected chi connectivity index (χ0v) is 13.9. The van der Waals surface area contributed by atoms with Crippen LogP contribution in [0.5, 0.6) is 0 Å². The maximum absolute atomic E-state index is 12.3. The van der Waals surface area contributed by atoms with Crippen molar-refractivity contribution in [3.8, 4) is 0 Å². The van der Waals surface area contributed by atoms with E-state index in [-0.39, 0.29) is 6.03 Å². The van der Waals surface area contributed by atoms with Gasteiger partial charge in [-0.2, -0.15) is 4.98 Å². The number of urea groups is 1. The van der Waals surface area contributed by atoms with E-state index in [1.54, 1.807) is 13.0 Å². The highest BCUT2D eigenvalue weighted by molar-refractivity contribution is 5.88. The van der Waals surface area contributed by atoms with Crippen LogP contribution in [0.25, 0.3) is 0 Å². The van der Waals surface area contributed by atoms with Gasteiger partial charge < -0.3 is 13.9 Å². The highest BCUT2D eigenvalue weighted by atomic mass is 16.5. The molecule has 1 aliphatic heterocycles. The summed E-state index contributed by atoms with van der Waals surface area (Å²) in [6.45, 7) is 3.86. The van der Waals surface area contributed by atoms with Gasteiger partial charge in [0.25, 0.3) is 0 Å². The first kappa shape index (κ1) is 16.4. The Labute approximate surface area is 140 Å². The Morgan fingerprint density at radius 2 is 2.29 bits per heavy atom. The Bertz CT molecular complexity index is 656. The number of hydrogen-bond donors (Lipinski definition) is 1. The molecule has 0 aromatic carbocycles. The van der Waals surface area contributed by atoms with Gasteiger partial charge in [-0.1, -0.05) is 10.3 Å². The van der Waals surface area contributed by atoms with E-state index in [9.17, 15) is 4.79 Å². The number of hydrogen-bond acceptors (Lipinski definition) is 7. The number of carbonyl (C=O) groups is 1. The van der Waals surface area contributed by atoms with Gasteiger partial charge in [0.05, 0.1) is 6.54 Å². The van der Waals surface area contributed by atoms with Crippen molar-refractivity contribution in [3.63, 3.8) is 0 Å². The van der Waals surface area contributed by atoms with E-state index in [0.717, 1.165) is 25.8 Å². The molecule has 0 radical (unpaired) electrons. The lowest BCUT2D eigenvalue weighted by Gasteiger charge is -2.26. The normalized spacial score (nSPS) is 18.6. The van der Waals surface area contributed by atoms with Crippen molar-refractivity contribution >= 4 is 11.8 Å². The predicted octanol–water partition coefficient (Wildman–Crippen LogP) is 1.88. The number of amides is 2. The van der Waals surface area contributed by atoms with Gasteiger partial charge in [0.1, 0.15) is 6.26 Å². The molecule has 1 saturated heterocycles. The average molecular weight is 334 g/mol. The lowest BCUT2D eigenvalue weighted by atomic mass is 10.1. The van der Waals surface area contributed by atoms with Gasteiger partial charge in [-0.3, -0.25) is 10.2 Å². The lowest BCUT2D eigenvalue weighted by molar-refractivity contribution is 0.197. The second kappa shape index (κ2) is 7.43. The Morgan fingerprint density at radius 1 is 1.42 bits per heavy atom. The fourth-order valence-corrected chi connectivity index (χ4v) is 2.95. The zero-order chi connectivity index (χ0) is 16.9. The third-order valence-electron chi connectivity index (χ3n) is 4.24. The molecule has 0 aliphatic carbocycles. The van der Waals surface area contributed by atoms with Gasteiger partial charge in [0.15, 0.2) is 11.6 Å². The summed E-state index contributed by atoms with van der Waals surface area (Å²) >= 11 is 0. The van der Waals surface area contributed by atoms with Crippen LogP contribution in [0, 0.1) is 6.92 Å². The summed E-state index contributed by atoms with van der Waals surface area (Å²) in [7, 11) is 2.06. The Morgan fingerprint density at radius 3 is 3.00 bits per heavy atom. The zero-order valence-electron chi connectivity index (χ0n) is 13.9. The van der Waals surface area contributed by atoms with Gasteiger partial charge in [0, 0.05) is 32.1 Å². The second-order valence-electron chi connectivity index (χ2n) is 6.03. The molecule has 24 heavy (non-hydrogen) atoms. The molecule has 2 amide bonds. The fraction of sp³-hybridized carbons (Fsp3) is 0.600. The van der Waals surface area contributed by atoms with Gasteiger partial charge in [-0.05, 0) is 26.3 Å². The topological polar surface area (TPSA) is 101 Å². The van der Waals surface area contributed by atoms with Crippen molar-refractivity contribution in [2.75, 3.05) is 25.5 Å². The van der Waals surface area contributed by atoms with Crippen LogP contribution >= 0.6 is 0 Å². The maximum Gasteiger partial charge on any atom is 0.323 e. The molecule has 1 atom stereocenters. The van der Waals surface area contributed by atoms with Crippen LogP contribution in [0.2, 0.25) is 0 Å². The maximum atomic E-state index is 12.3. The smallest absolute Gasteiger partial charge is 0.323 e. The first-order chi connectivity index (χ1) is 11.6. The highest BCUT2D eigenvalue weighted by Crippen LogP contribution is 2.18. The molecule has 3 heterocycles. The first-order valence-electron chi connectivity index (χ1n) is 8.07. The molecule has 1 N–H and O–H groups in total. The van der Waals surface area contributed by atoms with Crippen LogP contribution in [0.15, 0.2) is 21.4 Å². The van der Waals surface area contributed by atoms with Gasteiger partial charge >= 0.3 is 6.03 Å². The number of likely N-dealkylation sites (tertiary alicyclic amines) is 1. The molecule has 130 valence electrons. The van der Waals surface area contributed by atoms with Crippen molar-refractivity contribution in [2.24, 2.45) is 0 Å². The van der Waals surface area contributed by atoms with Crippen LogP contribution in [0.4, 0.5) is 10.6 Å². The number of nitrogens with one attached hydrogen (secondary N) is 1. The molecule has 9 heteroatoms. The molecule has 2 aromatic rings. The summed E-state index contributed by atoms with van der Waals surface area (Å²) in [5, 5.41) is 10.4. The standard InChI is InChI=1S/C15H22N6O3/c1-11-16-14(19-24-11)10-20(2)12-4-3-7-21(8-5-12)15(22)17-13-6-9-23-18-13/h6,9,12H,3-5,7-8,10H2,1-2H3,(H,17,18,22)/t12-/m0/s1. The van der Waals surface area contributed by atoms with Gasteiger partial charge in [0.2, 0.25) is 5.89 Å². The Hall–Kier alpha value is -2.42. The largest absolute Gasteiger partial charge is 0.363 e. The van der Waals surface area contributed by atoms with Crippen molar-refractivity contribution in [1.82, 2.24) is 25.1 Å². The van der Waals surface area contributed by atoms with E-state index in [0.29, 0.717) is 36.7 Å². The first-order valence-corrected chi connectivity index (χ1v) is 8.07. The second-order valence-corrected chi connectivity index (χ2v) is 6.03. The number of aromatic nitrogens is 3. The van der Waals surface area contributed by atoms with E-state index in [1.807, 2.05) is 4.90 Å². The van der Waals surface area contributed by atoms with Crippen molar-refractivity contribution < 1.29 is 13.8 Å². The molecular weight excluding hydrogens is 312 g/mol. The number of rotatable bonds is 4. The number of anilines is 1. The summed E-state index contributed by atoms with van der Waals surface area (Å²) in [5.41, 5.74) is 0. The molecule has 9 nitrogen and oxygen atoms in total. The predicted molar refractivity (Wildman–Crippen MR) is 85.2 cm³/mol. The minimum absolute atomic E-state index is 0.138. The quantitative estimate of drug-likeness (QED) is 0.911. The van der Waals surface area contributed by atoms with E-state index in [4.69, 9.17) is 9.05 Å².